The van der Waals surface area contributed by atoms with Crippen LogP contribution in [0.5, 0.6) is 0 Å². The van der Waals surface area contributed by atoms with Crippen LogP contribution in [0.2, 0.25) is 0 Å². The van der Waals surface area contributed by atoms with E-state index in [1.165, 1.54) is 0 Å². The second-order valence-electron chi connectivity index (χ2n) is 4.07. The Hall–Kier alpha value is -1.35. The van der Waals surface area contributed by atoms with Crippen LogP contribution in [0, 0.1) is 5.92 Å². The number of hydrogen-bond donors (Lipinski definition) is 0. The Balaban J connectivity index is 1.91. The molecule has 0 amide bonds. The van der Waals surface area contributed by atoms with E-state index >= 15 is 0 Å². The van der Waals surface area contributed by atoms with Crippen LogP contribution in [0.4, 0.5) is 0 Å². The Kier molecular flexibility index (Phi) is 1.99. The van der Waals surface area contributed by atoms with Gasteiger partial charge < -0.3 is 9.47 Å². The van der Waals surface area contributed by atoms with Crippen LogP contribution in [0.3, 0.4) is 0 Å². The highest BCUT2D eigenvalue weighted by molar-refractivity contribution is 5.76. The average Bonchev–Trinajstić information content (AvgIpc) is 2.57. The summed E-state index contributed by atoms with van der Waals surface area (Å²) in [5.41, 5.74) is 1.07. The summed E-state index contributed by atoms with van der Waals surface area (Å²) in [5, 5.41) is 0. The summed E-state index contributed by atoms with van der Waals surface area (Å²) >= 11 is 0. The Morgan fingerprint density at radius 1 is 1.20 bits per heavy atom. The van der Waals surface area contributed by atoms with Crippen LogP contribution >= 0.6 is 0 Å². The van der Waals surface area contributed by atoms with E-state index < -0.39 is 0 Å². The van der Waals surface area contributed by atoms with Gasteiger partial charge in [0.05, 0.1) is 18.6 Å². The minimum absolute atomic E-state index is 0.0116. The minimum atomic E-state index is -0.113. The topological polar surface area (TPSA) is 35.5 Å². The van der Waals surface area contributed by atoms with Crippen LogP contribution in [-0.2, 0) is 14.3 Å². The van der Waals surface area contributed by atoms with Gasteiger partial charge in [-0.2, -0.15) is 0 Å². The van der Waals surface area contributed by atoms with Gasteiger partial charge in [0.25, 0.3) is 0 Å². The molecule has 0 spiro atoms. The Bertz CT molecular complexity index is 374. The first kappa shape index (κ1) is 8.92. The molecule has 2 fully saturated rings. The van der Waals surface area contributed by atoms with Crippen molar-refractivity contribution in [1.29, 1.82) is 0 Å². The quantitative estimate of drug-likeness (QED) is 0.653. The van der Waals surface area contributed by atoms with Gasteiger partial charge in [-0.3, -0.25) is 4.79 Å². The fraction of sp³-hybridized carbons (Fsp3) is 0.417. The van der Waals surface area contributed by atoms with Gasteiger partial charge in [0.15, 0.2) is 0 Å². The van der Waals surface area contributed by atoms with Crippen molar-refractivity contribution in [3.63, 3.8) is 0 Å². The largest absolute Gasteiger partial charge is 0.460 e. The molecule has 0 radical (unpaired) electrons. The summed E-state index contributed by atoms with van der Waals surface area (Å²) in [5.74, 6) is -0.211. The number of esters is 1. The standard InChI is InChI=1S/C12H12O3/c13-12-10-6-9(15-12)7-14-11(10)8-4-2-1-3-5-8/h1-5,9-11H,6-7H2. The van der Waals surface area contributed by atoms with E-state index in [1.807, 2.05) is 30.3 Å². The predicted molar refractivity (Wildman–Crippen MR) is 53.1 cm³/mol. The van der Waals surface area contributed by atoms with Crippen molar-refractivity contribution in [2.45, 2.75) is 18.6 Å². The van der Waals surface area contributed by atoms with Crippen molar-refractivity contribution in [3.05, 3.63) is 35.9 Å². The number of fused-ring (bicyclic) bond motifs is 2. The second kappa shape index (κ2) is 3.35. The predicted octanol–water partition coefficient (Wildman–Crippen LogP) is 1.69. The maximum absolute atomic E-state index is 11.5. The summed E-state index contributed by atoms with van der Waals surface area (Å²) in [4.78, 5) is 11.5. The van der Waals surface area contributed by atoms with Crippen molar-refractivity contribution in [1.82, 2.24) is 0 Å². The number of hydrogen-bond acceptors (Lipinski definition) is 3. The number of carbonyl (C=O) groups excluding carboxylic acids is 1. The van der Waals surface area contributed by atoms with E-state index in [0.29, 0.717) is 6.61 Å². The highest BCUT2D eigenvalue weighted by atomic mass is 16.6. The monoisotopic (exact) mass is 204 g/mol. The van der Waals surface area contributed by atoms with Crippen molar-refractivity contribution in [3.8, 4) is 0 Å². The molecule has 2 saturated heterocycles. The molecule has 3 atom stereocenters. The highest BCUT2D eigenvalue weighted by Crippen LogP contribution is 2.39. The Morgan fingerprint density at radius 3 is 2.80 bits per heavy atom. The van der Waals surface area contributed by atoms with E-state index in [-0.39, 0.29) is 24.1 Å². The zero-order valence-corrected chi connectivity index (χ0v) is 8.26. The third-order valence-electron chi connectivity index (χ3n) is 3.06. The lowest BCUT2D eigenvalue weighted by Gasteiger charge is -2.25. The lowest BCUT2D eigenvalue weighted by atomic mass is 9.91. The SMILES string of the molecule is O=C1OC2COC(c3ccccc3)C1C2. The van der Waals surface area contributed by atoms with Gasteiger partial charge in [0.2, 0.25) is 0 Å². The molecule has 0 aliphatic carbocycles. The van der Waals surface area contributed by atoms with E-state index in [4.69, 9.17) is 9.47 Å². The van der Waals surface area contributed by atoms with E-state index in [2.05, 4.69) is 0 Å². The van der Waals surface area contributed by atoms with Gasteiger partial charge in [-0.1, -0.05) is 30.3 Å². The molecule has 2 bridgehead atoms. The normalized spacial score (nSPS) is 33.9. The fourth-order valence-corrected chi connectivity index (χ4v) is 2.33. The molecular formula is C12H12O3. The van der Waals surface area contributed by atoms with Crippen molar-refractivity contribution < 1.29 is 14.3 Å². The molecule has 3 unspecified atom stereocenters. The van der Waals surface area contributed by atoms with Crippen LogP contribution < -0.4 is 0 Å². The number of benzene rings is 1. The van der Waals surface area contributed by atoms with Crippen molar-refractivity contribution >= 4 is 5.97 Å². The number of ether oxygens (including phenoxy) is 2. The smallest absolute Gasteiger partial charge is 0.312 e. The van der Waals surface area contributed by atoms with Gasteiger partial charge in [-0.15, -0.1) is 0 Å². The molecule has 3 nitrogen and oxygen atoms in total. The zero-order chi connectivity index (χ0) is 10.3. The Labute approximate surface area is 88.0 Å². The van der Waals surface area contributed by atoms with Crippen LogP contribution in [0.25, 0.3) is 0 Å². The van der Waals surface area contributed by atoms with Crippen molar-refractivity contribution in [2.75, 3.05) is 6.61 Å². The molecule has 0 N–H and O–H groups in total. The molecule has 78 valence electrons. The molecule has 2 aliphatic heterocycles. The fourth-order valence-electron chi connectivity index (χ4n) is 2.33. The lowest BCUT2D eigenvalue weighted by molar-refractivity contribution is -0.143. The van der Waals surface area contributed by atoms with Gasteiger partial charge in [-0.25, -0.2) is 0 Å². The van der Waals surface area contributed by atoms with Gasteiger partial charge in [-0.05, 0) is 5.56 Å². The summed E-state index contributed by atoms with van der Waals surface area (Å²) in [7, 11) is 0. The van der Waals surface area contributed by atoms with Crippen LogP contribution in [0.1, 0.15) is 18.1 Å². The maximum atomic E-state index is 11.5. The summed E-state index contributed by atoms with van der Waals surface area (Å²) in [6.07, 6.45) is 0.679. The van der Waals surface area contributed by atoms with E-state index in [9.17, 15) is 4.79 Å². The molecular weight excluding hydrogens is 192 g/mol. The van der Waals surface area contributed by atoms with Gasteiger partial charge >= 0.3 is 5.97 Å². The summed E-state index contributed by atoms with van der Waals surface area (Å²) in [6.45, 7) is 0.530. The molecule has 1 aromatic rings. The molecule has 3 rings (SSSR count). The molecule has 0 aromatic heterocycles. The second-order valence-corrected chi connectivity index (χ2v) is 4.07. The number of carbonyl (C=O) groups is 1. The highest BCUT2D eigenvalue weighted by Gasteiger charge is 2.45. The average molecular weight is 204 g/mol. The first-order valence-corrected chi connectivity index (χ1v) is 5.21. The lowest BCUT2D eigenvalue weighted by Crippen LogP contribution is -2.26. The first-order chi connectivity index (χ1) is 7.34. The molecule has 3 heteroatoms. The number of rotatable bonds is 1. The van der Waals surface area contributed by atoms with E-state index in [0.717, 1.165) is 12.0 Å². The van der Waals surface area contributed by atoms with E-state index in [1.54, 1.807) is 0 Å². The molecule has 15 heavy (non-hydrogen) atoms. The zero-order valence-electron chi connectivity index (χ0n) is 8.26. The maximum Gasteiger partial charge on any atom is 0.312 e. The van der Waals surface area contributed by atoms with Crippen LogP contribution in [-0.4, -0.2) is 18.7 Å². The molecule has 0 saturated carbocycles. The van der Waals surface area contributed by atoms with Gasteiger partial charge in [0.1, 0.15) is 6.10 Å². The van der Waals surface area contributed by atoms with Gasteiger partial charge in [0, 0.05) is 6.42 Å². The third-order valence-corrected chi connectivity index (χ3v) is 3.06. The van der Waals surface area contributed by atoms with Crippen molar-refractivity contribution in [2.24, 2.45) is 5.92 Å². The Morgan fingerprint density at radius 2 is 2.00 bits per heavy atom. The first-order valence-electron chi connectivity index (χ1n) is 5.21. The summed E-state index contributed by atoms with van der Waals surface area (Å²) in [6, 6.07) is 9.88. The molecule has 1 aromatic carbocycles. The summed E-state index contributed by atoms with van der Waals surface area (Å²) < 4.78 is 10.8. The third kappa shape index (κ3) is 1.43. The molecule has 2 heterocycles. The molecule has 2 aliphatic rings. The minimum Gasteiger partial charge on any atom is -0.460 e. The van der Waals surface area contributed by atoms with Crippen LogP contribution in [0.15, 0.2) is 30.3 Å².